The Morgan fingerprint density at radius 3 is 2.31 bits per heavy atom. The predicted octanol–water partition coefficient (Wildman–Crippen LogP) is 4.53. The molecule has 2 aromatic rings. The Morgan fingerprint density at radius 2 is 1.69 bits per heavy atom. The number of carbonyl (C=O) groups is 2. The van der Waals surface area contributed by atoms with Gasteiger partial charge >= 0.3 is 6.18 Å². The average Bonchev–Trinajstić information content (AvgIpc) is 2.68. The molecule has 2 aromatic carbocycles. The Morgan fingerprint density at radius 1 is 1.03 bits per heavy atom. The number of nitrogens with zero attached hydrogens (tertiary/aromatic N) is 1. The zero-order valence-electron chi connectivity index (χ0n) is 15.1. The minimum Gasteiger partial charge on any atom is -0.349 e. The molecule has 0 saturated carbocycles. The molecule has 1 N–H and O–H groups in total. The van der Waals surface area contributed by atoms with Crippen molar-refractivity contribution in [2.45, 2.75) is 25.1 Å². The number of benzene rings is 2. The smallest absolute Gasteiger partial charge is 0.349 e. The number of amides is 2. The number of piperidine rings is 1. The number of carbonyl (C=O) groups excluding carboxylic acids is 2. The van der Waals surface area contributed by atoms with Gasteiger partial charge in [-0.15, -0.1) is 0 Å². The third-order valence-electron chi connectivity index (χ3n) is 4.76. The van der Waals surface area contributed by atoms with Gasteiger partial charge < -0.3 is 10.2 Å². The number of likely N-dealkylation sites (tertiary alicyclic amines) is 1. The minimum absolute atomic E-state index is 0.0225. The maximum absolute atomic E-state index is 13.8. The van der Waals surface area contributed by atoms with E-state index >= 15 is 0 Å². The van der Waals surface area contributed by atoms with Crippen LogP contribution in [0.15, 0.2) is 42.5 Å². The lowest BCUT2D eigenvalue weighted by Gasteiger charge is -2.32. The Kier molecular flexibility index (Phi) is 6.12. The Labute approximate surface area is 169 Å². The highest BCUT2D eigenvalue weighted by Gasteiger charge is 2.32. The second-order valence-corrected chi connectivity index (χ2v) is 7.12. The normalized spacial score (nSPS) is 15.3. The highest BCUT2D eigenvalue weighted by molar-refractivity contribution is 6.33. The van der Waals surface area contributed by atoms with Crippen molar-refractivity contribution in [3.63, 3.8) is 0 Å². The predicted molar refractivity (Wildman–Crippen MR) is 99.2 cm³/mol. The number of rotatable bonds is 3. The molecule has 2 amide bonds. The van der Waals surface area contributed by atoms with Gasteiger partial charge in [0.2, 0.25) is 0 Å². The van der Waals surface area contributed by atoms with Crippen LogP contribution in [0.1, 0.15) is 39.1 Å². The number of nitrogens with one attached hydrogen (secondary N) is 1. The molecular formula is C20H17ClF4N2O2. The molecule has 0 aromatic heterocycles. The lowest BCUT2D eigenvalue weighted by atomic mass is 10.0. The van der Waals surface area contributed by atoms with Crippen LogP contribution in [0.3, 0.4) is 0 Å². The summed E-state index contributed by atoms with van der Waals surface area (Å²) in [6, 6.07) is 7.91. The molecule has 0 unspecified atom stereocenters. The van der Waals surface area contributed by atoms with Gasteiger partial charge in [-0.1, -0.05) is 23.7 Å². The fourth-order valence-corrected chi connectivity index (χ4v) is 3.37. The van der Waals surface area contributed by atoms with Gasteiger partial charge in [-0.25, -0.2) is 4.39 Å². The zero-order chi connectivity index (χ0) is 21.2. The van der Waals surface area contributed by atoms with Gasteiger partial charge in [0.05, 0.1) is 21.7 Å². The first kappa shape index (κ1) is 21.1. The van der Waals surface area contributed by atoms with Crippen molar-refractivity contribution in [3.8, 4) is 0 Å². The number of halogens is 5. The van der Waals surface area contributed by atoms with E-state index in [0.717, 1.165) is 12.1 Å². The largest absolute Gasteiger partial charge is 0.416 e. The van der Waals surface area contributed by atoms with E-state index < -0.39 is 29.4 Å². The van der Waals surface area contributed by atoms with Crippen LogP contribution in [0.5, 0.6) is 0 Å². The molecule has 154 valence electrons. The summed E-state index contributed by atoms with van der Waals surface area (Å²) in [5.41, 5.74) is -1.24. The second kappa shape index (κ2) is 8.41. The fraction of sp³-hybridized carbons (Fsp3) is 0.300. The van der Waals surface area contributed by atoms with Gasteiger partial charge in [0.1, 0.15) is 5.82 Å². The van der Waals surface area contributed by atoms with Crippen LogP contribution in [-0.2, 0) is 6.18 Å². The van der Waals surface area contributed by atoms with E-state index in [2.05, 4.69) is 5.32 Å². The third-order valence-corrected chi connectivity index (χ3v) is 5.09. The van der Waals surface area contributed by atoms with Gasteiger partial charge in [0.15, 0.2) is 0 Å². The highest BCUT2D eigenvalue weighted by atomic mass is 35.5. The summed E-state index contributed by atoms with van der Waals surface area (Å²) in [6.45, 7) is 0.572. The lowest BCUT2D eigenvalue weighted by molar-refractivity contribution is -0.137. The summed E-state index contributed by atoms with van der Waals surface area (Å²) < 4.78 is 52.4. The molecule has 4 nitrogen and oxygen atoms in total. The molecule has 1 heterocycles. The van der Waals surface area contributed by atoms with Crippen LogP contribution >= 0.6 is 11.6 Å². The van der Waals surface area contributed by atoms with Crippen molar-refractivity contribution in [1.29, 1.82) is 0 Å². The van der Waals surface area contributed by atoms with Gasteiger partial charge in [-0.05, 0) is 43.2 Å². The first-order chi connectivity index (χ1) is 13.7. The van der Waals surface area contributed by atoms with Crippen molar-refractivity contribution in [2.75, 3.05) is 13.1 Å². The SMILES string of the molecule is O=C(NC1CCN(C(=O)c2ccccc2F)CC1)c1cc(C(F)(F)F)ccc1Cl. The molecule has 9 heteroatoms. The van der Waals surface area contributed by atoms with E-state index in [1.165, 1.54) is 23.1 Å². The first-order valence-electron chi connectivity index (χ1n) is 8.88. The lowest BCUT2D eigenvalue weighted by Crippen LogP contribution is -2.46. The topological polar surface area (TPSA) is 49.4 Å². The summed E-state index contributed by atoms with van der Waals surface area (Å²) in [6.07, 6.45) is -3.80. The Balaban J connectivity index is 1.62. The van der Waals surface area contributed by atoms with Crippen LogP contribution < -0.4 is 5.32 Å². The maximum Gasteiger partial charge on any atom is 0.416 e. The summed E-state index contributed by atoms with van der Waals surface area (Å²) in [4.78, 5) is 26.3. The second-order valence-electron chi connectivity index (χ2n) is 6.71. The standard InChI is InChI=1S/C20H17ClF4N2O2/c21-16-6-5-12(20(23,24)25)11-15(16)18(28)26-13-7-9-27(10-8-13)19(29)14-3-1-2-4-17(14)22/h1-6,11,13H,7-10H2,(H,26,28). The van der Waals surface area contributed by atoms with E-state index in [9.17, 15) is 27.2 Å². The fourth-order valence-electron chi connectivity index (χ4n) is 3.17. The van der Waals surface area contributed by atoms with Crippen molar-refractivity contribution in [1.82, 2.24) is 10.2 Å². The van der Waals surface area contributed by atoms with Crippen LogP contribution in [0.2, 0.25) is 5.02 Å². The van der Waals surface area contributed by atoms with Gasteiger partial charge in [-0.3, -0.25) is 9.59 Å². The maximum atomic E-state index is 13.8. The van der Waals surface area contributed by atoms with Gasteiger partial charge in [0.25, 0.3) is 11.8 Å². The third kappa shape index (κ3) is 4.87. The Hall–Kier alpha value is -2.61. The quantitative estimate of drug-likeness (QED) is 0.730. The molecule has 1 saturated heterocycles. The molecule has 0 radical (unpaired) electrons. The van der Waals surface area contributed by atoms with E-state index in [0.29, 0.717) is 18.9 Å². The summed E-state index contributed by atoms with van der Waals surface area (Å²) >= 11 is 5.89. The summed E-state index contributed by atoms with van der Waals surface area (Å²) in [5, 5.41) is 2.58. The van der Waals surface area contributed by atoms with Gasteiger partial charge in [-0.2, -0.15) is 13.2 Å². The number of hydrogen-bond donors (Lipinski definition) is 1. The van der Waals surface area contributed by atoms with Crippen molar-refractivity contribution < 1.29 is 27.2 Å². The number of hydrogen-bond acceptors (Lipinski definition) is 2. The molecule has 0 spiro atoms. The minimum atomic E-state index is -4.59. The summed E-state index contributed by atoms with van der Waals surface area (Å²) in [7, 11) is 0. The van der Waals surface area contributed by atoms with E-state index in [4.69, 9.17) is 11.6 Å². The van der Waals surface area contributed by atoms with Crippen LogP contribution in [0.4, 0.5) is 17.6 Å². The molecule has 3 rings (SSSR count). The van der Waals surface area contributed by atoms with Crippen LogP contribution in [-0.4, -0.2) is 35.8 Å². The van der Waals surface area contributed by atoms with E-state index in [1.807, 2.05) is 0 Å². The Bertz CT molecular complexity index is 925. The zero-order valence-corrected chi connectivity index (χ0v) is 15.9. The van der Waals surface area contributed by atoms with E-state index in [-0.39, 0.29) is 35.3 Å². The number of alkyl halides is 3. The van der Waals surface area contributed by atoms with Crippen molar-refractivity contribution in [2.24, 2.45) is 0 Å². The first-order valence-corrected chi connectivity index (χ1v) is 9.26. The van der Waals surface area contributed by atoms with Crippen LogP contribution in [0.25, 0.3) is 0 Å². The molecule has 0 atom stereocenters. The van der Waals surface area contributed by atoms with Crippen molar-refractivity contribution >= 4 is 23.4 Å². The molecule has 1 aliphatic rings. The average molecular weight is 429 g/mol. The molecular weight excluding hydrogens is 412 g/mol. The van der Waals surface area contributed by atoms with Crippen molar-refractivity contribution in [3.05, 3.63) is 70.0 Å². The van der Waals surface area contributed by atoms with Gasteiger partial charge in [0, 0.05) is 19.1 Å². The molecule has 1 aliphatic heterocycles. The van der Waals surface area contributed by atoms with E-state index in [1.54, 1.807) is 6.07 Å². The molecule has 0 bridgehead atoms. The molecule has 1 fully saturated rings. The summed E-state index contributed by atoms with van der Waals surface area (Å²) in [5.74, 6) is -1.75. The highest BCUT2D eigenvalue weighted by Crippen LogP contribution is 2.32. The van der Waals surface area contributed by atoms with Crippen LogP contribution in [0, 0.1) is 5.82 Å². The monoisotopic (exact) mass is 428 g/mol. The molecule has 29 heavy (non-hydrogen) atoms. The molecule has 0 aliphatic carbocycles.